The lowest BCUT2D eigenvalue weighted by Crippen LogP contribution is -2.19. The summed E-state index contributed by atoms with van der Waals surface area (Å²) < 4.78 is 15.8. The summed E-state index contributed by atoms with van der Waals surface area (Å²) in [6.45, 7) is 3.51. The number of benzene rings is 1. The van der Waals surface area contributed by atoms with Gasteiger partial charge in [-0.05, 0) is 49.2 Å². The number of nitrogens with one attached hydrogen (secondary N) is 1. The number of allylic oxidation sites excluding steroid dienone is 1. The van der Waals surface area contributed by atoms with Crippen molar-refractivity contribution in [3.8, 4) is 17.2 Å². The smallest absolute Gasteiger partial charge is 0.259 e. The van der Waals surface area contributed by atoms with E-state index in [0.717, 1.165) is 0 Å². The van der Waals surface area contributed by atoms with Crippen molar-refractivity contribution in [1.82, 2.24) is 4.98 Å². The number of carbonyl (C=O) groups excluding carboxylic acids is 1. The molecule has 0 saturated carbocycles. The third kappa shape index (κ3) is 3.91. The average Bonchev–Trinajstić information content (AvgIpc) is 2.57. The van der Waals surface area contributed by atoms with Gasteiger partial charge in [0.25, 0.3) is 5.56 Å². The normalized spacial score (nSPS) is 10.8. The highest BCUT2D eigenvalue weighted by Gasteiger charge is 2.14. The summed E-state index contributed by atoms with van der Waals surface area (Å²) in [4.78, 5) is 27.1. The Hall–Kier alpha value is -3.02. The number of pyridine rings is 1. The maximum atomic E-state index is 12.4. The summed E-state index contributed by atoms with van der Waals surface area (Å²) in [5.41, 5.74) is 1.78. The van der Waals surface area contributed by atoms with Gasteiger partial charge < -0.3 is 19.2 Å². The van der Waals surface area contributed by atoms with E-state index in [9.17, 15) is 9.59 Å². The van der Waals surface area contributed by atoms with Crippen LogP contribution < -0.4 is 19.8 Å². The lowest BCUT2D eigenvalue weighted by Gasteiger charge is -2.12. The molecule has 132 valence electrons. The molecule has 2 aromatic rings. The van der Waals surface area contributed by atoms with Gasteiger partial charge in [0, 0.05) is 5.69 Å². The lowest BCUT2D eigenvalue weighted by atomic mass is 10.0. The first-order chi connectivity index (χ1) is 11.9. The standard InChI is InChI=1S/C19H21NO5/c1-11-8-12(2)20-19(22)17(11)14(21)7-6-13-9-15(23-3)18(25-5)16(10-13)24-4/h6-10H,1-5H3,(H,20,22). The Morgan fingerprint density at radius 3 is 2.08 bits per heavy atom. The Kier molecular flexibility index (Phi) is 5.64. The van der Waals surface area contributed by atoms with Gasteiger partial charge in [0.1, 0.15) is 0 Å². The first-order valence-electron chi connectivity index (χ1n) is 7.64. The van der Waals surface area contributed by atoms with E-state index >= 15 is 0 Å². The van der Waals surface area contributed by atoms with Crippen molar-refractivity contribution in [1.29, 1.82) is 0 Å². The fourth-order valence-electron chi connectivity index (χ4n) is 2.61. The van der Waals surface area contributed by atoms with E-state index in [-0.39, 0.29) is 11.3 Å². The molecule has 0 aliphatic heterocycles. The molecule has 0 fully saturated rings. The van der Waals surface area contributed by atoms with Crippen LogP contribution in [0.4, 0.5) is 0 Å². The number of H-pyrrole nitrogens is 1. The monoisotopic (exact) mass is 343 g/mol. The van der Waals surface area contributed by atoms with Gasteiger partial charge in [-0.3, -0.25) is 9.59 Å². The first-order valence-corrected chi connectivity index (χ1v) is 7.64. The molecule has 25 heavy (non-hydrogen) atoms. The Balaban J connectivity index is 2.40. The molecule has 1 heterocycles. The van der Waals surface area contributed by atoms with Gasteiger partial charge in [0.2, 0.25) is 5.75 Å². The van der Waals surface area contributed by atoms with Crippen LogP contribution in [-0.4, -0.2) is 32.1 Å². The van der Waals surface area contributed by atoms with E-state index in [4.69, 9.17) is 14.2 Å². The molecule has 0 spiro atoms. The summed E-state index contributed by atoms with van der Waals surface area (Å²) in [6.07, 6.45) is 2.96. The number of aromatic nitrogens is 1. The molecule has 1 aromatic carbocycles. The fraction of sp³-hybridized carbons (Fsp3) is 0.263. The van der Waals surface area contributed by atoms with Crippen molar-refractivity contribution in [3.05, 3.63) is 57.0 Å². The number of hydrogen-bond donors (Lipinski definition) is 1. The zero-order chi connectivity index (χ0) is 18.6. The Morgan fingerprint density at radius 1 is 1.00 bits per heavy atom. The van der Waals surface area contributed by atoms with Crippen LogP contribution >= 0.6 is 0 Å². The fourth-order valence-corrected chi connectivity index (χ4v) is 2.61. The molecule has 6 heteroatoms. The molecule has 6 nitrogen and oxygen atoms in total. The van der Waals surface area contributed by atoms with Gasteiger partial charge in [0.15, 0.2) is 17.3 Å². The van der Waals surface area contributed by atoms with Crippen LogP contribution in [0.5, 0.6) is 17.2 Å². The molecule has 1 aromatic heterocycles. The molecule has 1 N–H and O–H groups in total. The number of methoxy groups -OCH3 is 3. The quantitative estimate of drug-likeness (QED) is 0.644. The van der Waals surface area contributed by atoms with Crippen molar-refractivity contribution >= 4 is 11.9 Å². The van der Waals surface area contributed by atoms with Crippen molar-refractivity contribution in [2.45, 2.75) is 13.8 Å². The number of rotatable bonds is 6. The van der Waals surface area contributed by atoms with Gasteiger partial charge in [0.05, 0.1) is 26.9 Å². The molecule has 0 radical (unpaired) electrons. The molecule has 0 aliphatic rings. The second kappa shape index (κ2) is 7.70. The summed E-state index contributed by atoms with van der Waals surface area (Å²) in [5.74, 6) is 1.07. The average molecular weight is 343 g/mol. The predicted octanol–water partition coefficient (Wildman–Crippen LogP) is 2.91. The number of carbonyl (C=O) groups is 1. The van der Waals surface area contributed by atoms with Crippen molar-refractivity contribution in [2.75, 3.05) is 21.3 Å². The number of aromatic amines is 1. The van der Waals surface area contributed by atoms with E-state index in [1.54, 1.807) is 38.1 Å². The zero-order valence-corrected chi connectivity index (χ0v) is 14.9. The van der Waals surface area contributed by atoms with Gasteiger partial charge in [-0.25, -0.2) is 0 Å². The van der Waals surface area contributed by atoms with Crippen molar-refractivity contribution in [2.24, 2.45) is 0 Å². The second-order valence-corrected chi connectivity index (χ2v) is 5.50. The van der Waals surface area contributed by atoms with Gasteiger partial charge in [-0.2, -0.15) is 0 Å². The number of hydrogen-bond acceptors (Lipinski definition) is 5. The third-order valence-electron chi connectivity index (χ3n) is 3.73. The minimum Gasteiger partial charge on any atom is -0.493 e. The number of ketones is 1. The Bertz CT molecular complexity index is 855. The summed E-state index contributed by atoms with van der Waals surface area (Å²) >= 11 is 0. The van der Waals surface area contributed by atoms with Gasteiger partial charge in [-0.1, -0.05) is 6.08 Å². The summed E-state index contributed by atoms with van der Waals surface area (Å²) in [5, 5.41) is 0. The topological polar surface area (TPSA) is 77.6 Å². The van der Waals surface area contributed by atoms with Crippen LogP contribution in [-0.2, 0) is 0 Å². The van der Waals surface area contributed by atoms with Gasteiger partial charge >= 0.3 is 0 Å². The van der Waals surface area contributed by atoms with E-state index in [1.165, 1.54) is 27.4 Å². The maximum Gasteiger partial charge on any atom is 0.259 e. The largest absolute Gasteiger partial charge is 0.493 e. The number of ether oxygens (including phenoxy) is 3. The summed E-state index contributed by atoms with van der Waals surface area (Å²) in [7, 11) is 4.56. The highest BCUT2D eigenvalue weighted by Crippen LogP contribution is 2.38. The maximum absolute atomic E-state index is 12.4. The van der Waals surface area contributed by atoms with Crippen LogP contribution in [0.25, 0.3) is 6.08 Å². The van der Waals surface area contributed by atoms with Crippen LogP contribution in [0.2, 0.25) is 0 Å². The van der Waals surface area contributed by atoms with E-state index in [0.29, 0.717) is 34.1 Å². The first kappa shape index (κ1) is 18.3. The van der Waals surface area contributed by atoms with Crippen LogP contribution in [0.1, 0.15) is 27.2 Å². The third-order valence-corrected chi connectivity index (χ3v) is 3.73. The lowest BCUT2D eigenvalue weighted by molar-refractivity contribution is 0.104. The van der Waals surface area contributed by atoms with E-state index < -0.39 is 5.56 Å². The Morgan fingerprint density at radius 2 is 1.60 bits per heavy atom. The highest BCUT2D eigenvalue weighted by molar-refractivity contribution is 6.07. The molecular formula is C19H21NO5. The van der Waals surface area contributed by atoms with E-state index in [2.05, 4.69) is 4.98 Å². The molecule has 0 atom stereocenters. The second-order valence-electron chi connectivity index (χ2n) is 5.50. The molecule has 0 saturated heterocycles. The molecule has 0 unspecified atom stereocenters. The van der Waals surface area contributed by atoms with Crippen molar-refractivity contribution < 1.29 is 19.0 Å². The predicted molar refractivity (Wildman–Crippen MR) is 96.0 cm³/mol. The molecule has 0 aliphatic carbocycles. The highest BCUT2D eigenvalue weighted by atomic mass is 16.5. The van der Waals surface area contributed by atoms with Crippen LogP contribution in [0, 0.1) is 13.8 Å². The van der Waals surface area contributed by atoms with Gasteiger partial charge in [-0.15, -0.1) is 0 Å². The van der Waals surface area contributed by atoms with Crippen LogP contribution in [0.3, 0.4) is 0 Å². The Labute approximate surface area is 146 Å². The minimum atomic E-state index is -0.392. The SMILES string of the molecule is COc1cc(C=CC(=O)c2c(C)cc(C)[nH]c2=O)cc(OC)c1OC. The molecule has 2 rings (SSSR count). The molecular weight excluding hydrogens is 322 g/mol. The minimum absolute atomic E-state index is 0.134. The molecule has 0 amide bonds. The van der Waals surface area contributed by atoms with Crippen LogP contribution in [0.15, 0.2) is 29.1 Å². The summed E-state index contributed by atoms with van der Waals surface area (Å²) in [6, 6.07) is 5.20. The zero-order valence-electron chi connectivity index (χ0n) is 14.9. The van der Waals surface area contributed by atoms with Crippen molar-refractivity contribution in [3.63, 3.8) is 0 Å². The van der Waals surface area contributed by atoms with E-state index in [1.807, 2.05) is 0 Å². The number of aryl methyl sites for hydroxylation is 2. The molecule has 0 bridgehead atoms.